The van der Waals surface area contributed by atoms with Gasteiger partial charge < -0.3 is 29.7 Å². The summed E-state index contributed by atoms with van der Waals surface area (Å²) >= 11 is 0. The molecule has 0 bridgehead atoms. The molecule has 0 spiro atoms. The Labute approximate surface area is 211 Å². The van der Waals surface area contributed by atoms with Crippen molar-refractivity contribution in [2.75, 3.05) is 52.5 Å². The van der Waals surface area contributed by atoms with Gasteiger partial charge in [-0.05, 0) is 68.9 Å². The summed E-state index contributed by atoms with van der Waals surface area (Å²) in [6, 6.07) is 5.26. The quantitative estimate of drug-likeness (QED) is 0.413. The number of hydrogen-bond acceptors (Lipinski definition) is 6. The fraction of sp³-hybridized carbons (Fsp3) is 0.750. The van der Waals surface area contributed by atoms with Crippen LogP contribution < -0.4 is 14.8 Å². The van der Waals surface area contributed by atoms with Gasteiger partial charge in [0.1, 0.15) is 19.3 Å². The minimum atomic E-state index is -0.799. The molecule has 1 aromatic carbocycles. The minimum Gasteiger partial charge on any atom is -0.486 e. The number of carbonyl (C=O) groups excluding carboxylic acids is 1. The summed E-state index contributed by atoms with van der Waals surface area (Å²) in [4.78, 5) is 17.8. The first-order valence-electron chi connectivity index (χ1n) is 13.9. The Bertz CT molecular complexity index is 798. The number of hydrogen-bond donors (Lipinski definition) is 2. The summed E-state index contributed by atoms with van der Waals surface area (Å²) in [6.45, 7) is 9.61. The van der Waals surface area contributed by atoms with E-state index in [0.29, 0.717) is 43.6 Å². The van der Waals surface area contributed by atoms with Gasteiger partial charge in [-0.15, -0.1) is 0 Å². The molecule has 4 rings (SSSR count). The van der Waals surface area contributed by atoms with Crippen LogP contribution in [-0.2, 0) is 4.79 Å². The normalized spacial score (nSPS) is 22.3. The number of nitrogens with one attached hydrogen (secondary N) is 1. The fourth-order valence-electron chi connectivity index (χ4n) is 5.70. The second-order valence-corrected chi connectivity index (χ2v) is 10.6. The Morgan fingerprint density at radius 3 is 2.63 bits per heavy atom. The molecule has 196 valence electrons. The number of aliphatic hydroxyl groups is 1. The smallest absolute Gasteiger partial charge is 0.220 e. The molecule has 2 fully saturated rings. The van der Waals surface area contributed by atoms with Crippen molar-refractivity contribution in [3.8, 4) is 11.5 Å². The summed E-state index contributed by atoms with van der Waals surface area (Å²) in [6.07, 6.45) is 9.15. The van der Waals surface area contributed by atoms with E-state index in [1.165, 1.54) is 58.2 Å². The number of aliphatic hydroxyl groups excluding tert-OH is 1. The third-order valence-corrected chi connectivity index (χ3v) is 7.68. The van der Waals surface area contributed by atoms with Gasteiger partial charge in [0.05, 0.1) is 6.04 Å². The summed E-state index contributed by atoms with van der Waals surface area (Å²) < 4.78 is 11.4. The van der Waals surface area contributed by atoms with E-state index >= 15 is 0 Å². The summed E-state index contributed by atoms with van der Waals surface area (Å²) in [5.74, 6) is 2.09. The fourth-order valence-corrected chi connectivity index (χ4v) is 5.70. The molecule has 7 nitrogen and oxygen atoms in total. The molecule has 0 aliphatic carbocycles. The lowest BCUT2D eigenvalue weighted by Gasteiger charge is -2.30. The van der Waals surface area contributed by atoms with Gasteiger partial charge in [-0.2, -0.15) is 0 Å². The molecule has 1 amide bonds. The maximum absolute atomic E-state index is 12.8. The lowest BCUT2D eigenvalue weighted by Crippen LogP contribution is -2.47. The van der Waals surface area contributed by atoms with Crippen molar-refractivity contribution in [3.63, 3.8) is 0 Å². The van der Waals surface area contributed by atoms with Gasteiger partial charge in [-0.3, -0.25) is 4.79 Å². The van der Waals surface area contributed by atoms with Gasteiger partial charge in [-0.25, -0.2) is 0 Å². The van der Waals surface area contributed by atoms with Crippen molar-refractivity contribution in [2.45, 2.75) is 76.9 Å². The molecular formula is C28H45N3O4. The van der Waals surface area contributed by atoms with Crippen LogP contribution in [0, 0.1) is 5.92 Å². The van der Waals surface area contributed by atoms with E-state index in [1.807, 2.05) is 18.2 Å². The number of benzene rings is 1. The zero-order valence-electron chi connectivity index (χ0n) is 21.6. The molecule has 2 saturated heterocycles. The highest BCUT2D eigenvalue weighted by Crippen LogP contribution is 2.34. The Hall–Kier alpha value is -1.83. The largest absolute Gasteiger partial charge is 0.486 e. The van der Waals surface area contributed by atoms with Crippen LogP contribution in [0.4, 0.5) is 0 Å². The molecule has 2 N–H and O–H groups in total. The SMILES string of the molecule is CCCCCCCC(=O)N[C@H](CN1CCC(CN2CCCC2)C1)C(O)c1ccc2c(c1)OCCO2. The zero-order chi connectivity index (χ0) is 24.5. The van der Waals surface area contributed by atoms with E-state index in [1.54, 1.807) is 0 Å². The Balaban J connectivity index is 1.36. The van der Waals surface area contributed by atoms with Crippen LogP contribution in [0.1, 0.15) is 76.4 Å². The van der Waals surface area contributed by atoms with Crippen LogP contribution in [0.2, 0.25) is 0 Å². The van der Waals surface area contributed by atoms with Crippen molar-refractivity contribution < 1.29 is 19.4 Å². The van der Waals surface area contributed by atoms with Gasteiger partial charge in [0.15, 0.2) is 11.5 Å². The zero-order valence-corrected chi connectivity index (χ0v) is 21.6. The van der Waals surface area contributed by atoms with Crippen molar-refractivity contribution in [3.05, 3.63) is 23.8 Å². The van der Waals surface area contributed by atoms with E-state index in [0.717, 1.165) is 31.5 Å². The van der Waals surface area contributed by atoms with Crippen molar-refractivity contribution >= 4 is 5.91 Å². The highest BCUT2D eigenvalue weighted by molar-refractivity contribution is 5.76. The van der Waals surface area contributed by atoms with Crippen molar-refractivity contribution in [1.82, 2.24) is 15.1 Å². The Kier molecular flexibility index (Phi) is 10.1. The molecule has 0 saturated carbocycles. The first-order valence-corrected chi connectivity index (χ1v) is 13.9. The Morgan fingerprint density at radius 1 is 1.06 bits per heavy atom. The second kappa shape index (κ2) is 13.5. The molecule has 35 heavy (non-hydrogen) atoms. The van der Waals surface area contributed by atoms with E-state index in [-0.39, 0.29) is 11.9 Å². The molecule has 0 radical (unpaired) electrons. The topological polar surface area (TPSA) is 74.3 Å². The number of nitrogens with zero attached hydrogens (tertiary/aromatic N) is 2. The van der Waals surface area contributed by atoms with Gasteiger partial charge in [-0.1, -0.05) is 38.7 Å². The average molecular weight is 488 g/mol. The van der Waals surface area contributed by atoms with Crippen LogP contribution >= 0.6 is 0 Å². The third kappa shape index (κ3) is 7.83. The molecular weight excluding hydrogens is 442 g/mol. The monoisotopic (exact) mass is 487 g/mol. The summed E-state index contributed by atoms with van der Waals surface area (Å²) in [7, 11) is 0. The number of rotatable bonds is 13. The van der Waals surface area contributed by atoms with Crippen LogP contribution in [0.5, 0.6) is 11.5 Å². The van der Waals surface area contributed by atoms with E-state index in [4.69, 9.17) is 9.47 Å². The molecule has 3 aliphatic rings. The minimum absolute atomic E-state index is 0.0379. The summed E-state index contributed by atoms with van der Waals surface area (Å²) in [5, 5.41) is 14.6. The van der Waals surface area contributed by atoms with E-state index in [2.05, 4.69) is 22.0 Å². The van der Waals surface area contributed by atoms with Crippen molar-refractivity contribution in [1.29, 1.82) is 0 Å². The number of ether oxygens (including phenoxy) is 2. The highest BCUT2D eigenvalue weighted by Gasteiger charge is 2.31. The van der Waals surface area contributed by atoms with E-state index in [9.17, 15) is 9.90 Å². The number of unbranched alkanes of at least 4 members (excludes halogenated alkanes) is 4. The first-order chi connectivity index (χ1) is 17.1. The lowest BCUT2D eigenvalue weighted by atomic mass is 10.0. The number of amides is 1. The third-order valence-electron chi connectivity index (χ3n) is 7.68. The number of likely N-dealkylation sites (tertiary alicyclic amines) is 2. The second-order valence-electron chi connectivity index (χ2n) is 10.6. The molecule has 3 heterocycles. The molecule has 7 heteroatoms. The highest BCUT2D eigenvalue weighted by atomic mass is 16.6. The van der Waals surface area contributed by atoms with Crippen molar-refractivity contribution in [2.24, 2.45) is 5.92 Å². The maximum Gasteiger partial charge on any atom is 0.220 e. The van der Waals surface area contributed by atoms with Gasteiger partial charge in [0.2, 0.25) is 5.91 Å². The number of fused-ring (bicyclic) bond motifs is 1. The predicted octanol–water partition coefficient (Wildman–Crippen LogP) is 3.75. The van der Waals surface area contributed by atoms with Gasteiger partial charge in [0.25, 0.3) is 0 Å². The average Bonchev–Trinajstić information content (AvgIpc) is 3.55. The molecule has 2 unspecified atom stereocenters. The van der Waals surface area contributed by atoms with Crippen LogP contribution in [-0.4, -0.2) is 79.3 Å². The van der Waals surface area contributed by atoms with Crippen LogP contribution in [0.25, 0.3) is 0 Å². The molecule has 0 aromatic heterocycles. The number of carbonyl (C=O) groups is 1. The standard InChI is InChI=1S/C28H45N3O4/c1-2-3-4-5-6-9-27(32)29-24(21-31-15-12-22(20-31)19-30-13-7-8-14-30)28(33)23-10-11-25-26(18-23)35-17-16-34-25/h10-11,18,22,24,28,33H,2-9,12-17,19-21H2,1H3,(H,29,32)/t22?,24-,28?/m1/s1. The Morgan fingerprint density at radius 2 is 1.83 bits per heavy atom. The summed E-state index contributed by atoms with van der Waals surface area (Å²) in [5.41, 5.74) is 0.760. The van der Waals surface area contributed by atoms with E-state index < -0.39 is 6.10 Å². The first kappa shape index (κ1) is 26.2. The predicted molar refractivity (Wildman–Crippen MR) is 138 cm³/mol. The van der Waals surface area contributed by atoms with Crippen LogP contribution in [0.3, 0.4) is 0 Å². The van der Waals surface area contributed by atoms with Gasteiger partial charge in [0, 0.05) is 26.1 Å². The lowest BCUT2D eigenvalue weighted by molar-refractivity contribution is -0.123. The molecule has 3 atom stereocenters. The maximum atomic E-state index is 12.8. The van der Waals surface area contributed by atoms with Gasteiger partial charge >= 0.3 is 0 Å². The molecule has 1 aromatic rings. The van der Waals surface area contributed by atoms with Crippen LogP contribution in [0.15, 0.2) is 18.2 Å². The molecule has 3 aliphatic heterocycles.